The van der Waals surface area contributed by atoms with Crippen LogP contribution in [0.5, 0.6) is 0 Å². The maximum atomic E-state index is 12.9. The highest BCUT2D eigenvalue weighted by Crippen LogP contribution is 2.32. The van der Waals surface area contributed by atoms with Crippen molar-refractivity contribution in [1.82, 2.24) is 9.88 Å². The Kier molecular flexibility index (Phi) is 4.35. The lowest BCUT2D eigenvalue weighted by Gasteiger charge is -2.33. The summed E-state index contributed by atoms with van der Waals surface area (Å²) in [4.78, 5) is 21.4. The minimum atomic E-state index is -0.0187. The minimum absolute atomic E-state index is 0.0187. The molecule has 0 unspecified atom stereocenters. The number of aromatic nitrogens is 1. The number of carbonyl (C=O) groups excluding carboxylic acids is 1. The fraction of sp³-hybridized carbons (Fsp3) is 0.444. The molecule has 2 aliphatic heterocycles. The number of hydrogen-bond acceptors (Lipinski definition) is 5. The number of anilines is 1. The van der Waals surface area contributed by atoms with Gasteiger partial charge in [0.05, 0.1) is 13.2 Å². The Morgan fingerprint density at radius 1 is 1.42 bits per heavy atom. The first-order valence-electron chi connectivity index (χ1n) is 8.35. The highest BCUT2D eigenvalue weighted by atomic mass is 32.1. The minimum Gasteiger partial charge on any atom is -0.368 e. The second-order valence-electron chi connectivity index (χ2n) is 6.41. The highest BCUT2D eigenvalue weighted by Gasteiger charge is 2.32. The smallest absolute Gasteiger partial charge is 0.241 e. The topological polar surface area (TPSA) is 45.7 Å². The number of ether oxygens (including phenoxy) is 1. The van der Waals surface area contributed by atoms with Crippen molar-refractivity contribution in [2.24, 2.45) is 0 Å². The fourth-order valence-corrected chi connectivity index (χ4v) is 4.28. The fourth-order valence-electron chi connectivity index (χ4n) is 3.60. The average molecular weight is 343 g/mol. The number of rotatable bonds is 3. The monoisotopic (exact) mass is 343 g/mol. The second kappa shape index (κ2) is 6.63. The molecule has 1 fully saturated rings. The SMILES string of the molecule is C[C@@H]1Cc2ccccc2N1C(=O)CN1CCO[C@@H](c2nccs2)C1. The number of fused-ring (bicyclic) bond motifs is 1. The molecule has 1 amide bonds. The van der Waals surface area contributed by atoms with Gasteiger partial charge in [-0.05, 0) is 25.0 Å². The third-order valence-corrected chi connectivity index (χ3v) is 5.58. The number of amides is 1. The molecule has 126 valence electrons. The first-order chi connectivity index (χ1) is 11.7. The van der Waals surface area contributed by atoms with E-state index in [0.717, 1.165) is 30.2 Å². The van der Waals surface area contributed by atoms with Gasteiger partial charge in [-0.2, -0.15) is 0 Å². The van der Waals surface area contributed by atoms with Crippen molar-refractivity contribution < 1.29 is 9.53 Å². The van der Waals surface area contributed by atoms with Gasteiger partial charge in [0.1, 0.15) is 11.1 Å². The van der Waals surface area contributed by atoms with E-state index in [-0.39, 0.29) is 18.1 Å². The Hall–Kier alpha value is -1.76. The van der Waals surface area contributed by atoms with Crippen molar-refractivity contribution in [2.75, 3.05) is 31.1 Å². The Morgan fingerprint density at radius 2 is 2.29 bits per heavy atom. The summed E-state index contributed by atoms with van der Waals surface area (Å²) in [5.41, 5.74) is 2.33. The molecule has 24 heavy (non-hydrogen) atoms. The first kappa shape index (κ1) is 15.7. The number of para-hydroxylation sites is 1. The van der Waals surface area contributed by atoms with E-state index in [4.69, 9.17) is 4.74 Å². The third kappa shape index (κ3) is 2.97. The maximum absolute atomic E-state index is 12.9. The summed E-state index contributed by atoms with van der Waals surface area (Å²) in [6.45, 7) is 4.71. The summed E-state index contributed by atoms with van der Waals surface area (Å²) in [5.74, 6) is 0.173. The average Bonchev–Trinajstić information content (AvgIpc) is 3.21. The van der Waals surface area contributed by atoms with Crippen LogP contribution in [0.3, 0.4) is 0 Å². The van der Waals surface area contributed by atoms with Crippen LogP contribution in [-0.2, 0) is 16.0 Å². The molecule has 1 saturated heterocycles. The van der Waals surface area contributed by atoms with Crippen LogP contribution in [-0.4, -0.2) is 48.1 Å². The van der Waals surface area contributed by atoms with Crippen LogP contribution in [0.4, 0.5) is 5.69 Å². The molecule has 6 heteroatoms. The molecule has 0 radical (unpaired) electrons. The van der Waals surface area contributed by atoms with Gasteiger partial charge >= 0.3 is 0 Å². The van der Waals surface area contributed by atoms with Crippen molar-refractivity contribution in [1.29, 1.82) is 0 Å². The van der Waals surface area contributed by atoms with Gasteiger partial charge in [0.15, 0.2) is 0 Å². The van der Waals surface area contributed by atoms with E-state index in [9.17, 15) is 4.79 Å². The van der Waals surface area contributed by atoms with Gasteiger partial charge in [-0.15, -0.1) is 11.3 Å². The van der Waals surface area contributed by atoms with Gasteiger partial charge in [-0.1, -0.05) is 18.2 Å². The summed E-state index contributed by atoms with van der Waals surface area (Å²) < 4.78 is 5.82. The van der Waals surface area contributed by atoms with Crippen molar-refractivity contribution >= 4 is 22.9 Å². The van der Waals surface area contributed by atoms with E-state index in [1.165, 1.54) is 5.56 Å². The van der Waals surface area contributed by atoms with E-state index in [0.29, 0.717) is 13.2 Å². The van der Waals surface area contributed by atoms with E-state index in [1.807, 2.05) is 22.4 Å². The van der Waals surface area contributed by atoms with Crippen molar-refractivity contribution in [3.05, 3.63) is 46.4 Å². The Morgan fingerprint density at radius 3 is 3.12 bits per heavy atom. The molecule has 2 aromatic rings. The lowest BCUT2D eigenvalue weighted by Crippen LogP contribution is -2.47. The van der Waals surface area contributed by atoms with E-state index in [1.54, 1.807) is 17.5 Å². The first-order valence-corrected chi connectivity index (χ1v) is 9.23. The van der Waals surface area contributed by atoms with Crippen molar-refractivity contribution in [2.45, 2.75) is 25.5 Å². The van der Waals surface area contributed by atoms with Gasteiger partial charge in [0, 0.05) is 36.4 Å². The molecule has 1 aromatic carbocycles. The van der Waals surface area contributed by atoms with Gasteiger partial charge in [-0.3, -0.25) is 9.69 Å². The van der Waals surface area contributed by atoms with E-state index >= 15 is 0 Å². The molecular formula is C18H21N3O2S. The molecule has 0 spiro atoms. The molecule has 0 saturated carbocycles. The molecule has 0 aliphatic carbocycles. The highest BCUT2D eigenvalue weighted by molar-refractivity contribution is 7.09. The molecule has 4 rings (SSSR count). The molecule has 2 atom stereocenters. The number of nitrogens with zero attached hydrogens (tertiary/aromatic N) is 3. The molecule has 0 bridgehead atoms. The van der Waals surface area contributed by atoms with Crippen LogP contribution in [0, 0.1) is 0 Å². The lowest BCUT2D eigenvalue weighted by molar-refractivity contribution is -0.122. The van der Waals surface area contributed by atoms with Crippen LogP contribution in [0.15, 0.2) is 35.8 Å². The number of carbonyl (C=O) groups is 1. The zero-order chi connectivity index (χ0) is 16.5. The van der Waals surface area contributed by atoms with Crippen molar-refractivity contribution in [3.8, 4) is 0 Å². The Labute approximate surface area is 145 Å². The summed E-state index contributed by atoms with van der Waals surface area (Å²) >= 11 is 1.61. The van der Waals surface area contributed by atoms with Crippen LogP contribution in [0.25, 0.3) is 0 Å². The Balaban J connectivity index is 1.44. The van der Waals surface area contributed by atoms with Gasteiger partial charge in [0.25, 0.3) is 0 Å². The van der Waals surface area contributed by atoms with Crippen LogP contribution >= 0.6 is 11.3 Å². The standard InChI is InChI=1S/C18H21N3O2S/c1-13-10-14-4-2-3-5-15(14)21(13)17(22)12-20-7-8-23-16(11-20)18-19-6-9-24-18/h2-6,9,13,16H,7-8,10-12H2,1H3/t13-,16-/m1/s1. The van der Waals surface area contributed by atoms with Crippen LogP contribution in [0.2, 0.25) is 0 Å². The zero-order valence-electron chi connectivity index (χ0n) is 13.7. The lowest BCUT2D eigenvalue weighted by atomic mass is 10.1. The van der Waals surface area contributed by atoms with Gasteiger partial charge < -0.3 is 9.64 Å². The predicted molar refractivity (Wildman–Crippen MR) is 94.3 cm³/mol. The molecule has 0 N–H and O–H groups in total. The maximum Gasteiger partial charge on any atom is 0.241 e. The predicted octanol–water partition coefficient (Wildman–Crippen LogP) is 2.49. The number of hydrogen-bond donors (Lipinski definition) is 0. The number of benzene rings is 1. The molecule has 3 heterocycles. The molecule has 5 nitrogen and oxygen atoms in total. The van der Waals surface area contributed by atoms with Crippen LogP contribution in [0.1, 0.15) is 23.6 Å². The van der Waals surface area contributed by atoms with Crippen LogP contribution < -0.4 is 4.90 Å². The second-order valence-corrected chi connectivity index (χ2v) is 7.34. The summed E-state index contributed by atoms with van der Waals surface area (Å²) in [6, 6.07) is 8.44. The normalized spacial score (nSPS) is 24.1. The molecule has 2 aliphatic rings. The van der Waals surface area contributed by atoms with Gasteiger partial charge in [0.2, 0.25) is 5.91 Å². The third-order valence-electron chi connectivity index (χ3n) is 4.71. The largest absolute Gasteiger partial charge is 0.368 e. The van der Waals surface area contributed by atoms with E-state index < -0.39 is 0 Å². The number of thiazole rings is 1. The Bertz CT molecular complexity index is 719. The molecule has 1 aromatic heterocycles. The molecular weight excluding hydrogens is 322 g/mol. The van der Waals surface area contributed by atoms with Crippen molar-refractivity contribution in [3.63, 3.8) is 0 Å². The van der Waals surface area contributed by atoms with E-state index in [2.05, 4.69) is 28.9 Å². The van der Waals surface area contributed by atoms with Gasteiger partial charge in [-0.25, -0.2) is 4.98 Å². The quantitative estimate of drug-likeness (QED) is 0.859. The summed E-state index contributed by atoms with van der Waals surface area (Å²) in [6.07, 6.45) is 2.72. The zero-order valence-corrected chi connectivity index (χ0v) is 14.5. The number of morpholine rings is 1. The summed E-state index contributed by atoms with van der Waals surface area (Å²) in [5, 5.41) is 2.96. The summed E-state index contributed by atoms with van der Waals surface area (Å²) in [7, 11) is 0.